The first-order valence-electron chi connectivity index (χ1n) is 6.29. The molecule has 2 saturated heterocycles. The molecule has 0 aromatic carbocycles. The van der Waals surface area contributed by atoms with E-state index in [1.54, 1.807) is 4.90 Å². The molecule has 0 aliphatic carbocycles. The molecule has 17 heavy (non-hydrogen) atoms. The summed E-state index contributed by atoms with van der Waals surface area (Å²) in [6.07, 6.45) is 0.848. The number of hydrogen-bond donors (Lipinski definition) is 1. The number of fused-ring (bicyclic) bond motifs is 1. The standard InChI is InChI=1S/C12H22N2O3/c1-12(2,3)17-11(15)14-6-4-10-9(14)8-13-5-7-16-10/h9-10,13H,4-8H2,1-3H3/t9-,10+/m1/s1. The SMILES string of the molecule is CC(C)(C)OC(=O)N1CC[C@@H]2OCCNC[C@H]21. The van der Waals surface area contributed by atoms with Crippen LogP contribution < -0.4 is 5.32 Å². The van der Waals surface area contributed by atoms with Gasteiger partial charge in [-0.2, -0.15) is 0 Å². The molecular weight excluding hydrogens is 220 g/mol. The first-order chi connectivity index (χ1) is 7.97. The van der Waals surface area contributed by atoms with E-state index in [-0.39, 0.29) is 18.2 Å². The van der Waals surface area contributed by atoms with Gasteiger partial charge in [-0.15, -0.1) is 0 Å². The zero-order valence-corrected chi connectivity index (χ0v) is 10.9. The number of carbonyl (C=O) groups is 1. The van der Waals surface area contributed by atoms with E-state index in [4.69, 9.17) is 9.47 Å². The maximum Gasteiger partial charge on any atom is 0.410 e. The zero-order chi connectivity index (χ0) is 12.5. The molecule has 5 heteroatoms. The number of likely N-dealkylation sites (tertiary alicyclic amines) is 1. The van der Waals surface area contributed by atoms with Gasteiger partial charge in [0, 0.05) is 19.6 Å². The molecule has 2 atom stereocenters. The minimum atomic E-state index is -0.436. The van der Waals surface area contributed by atoms with Crippen molar-refractivity contribution in [3.63, 3.8) is 0 Å². The molecule has 0 saturated carbocycles. The highest BCUT2D eigenvalue weighted by atomic mass is 16.6. The monoisotopic (exact) mass is 242 g/mol. The number of ether oxygens (including phenoxy) is 2. The normalized spacial score (nSPS) is 29.7. The van der Waals surface area contributed by atoms with Crippen LogP contribution in [-0.2, 0) is 9.47 Å². The molecule has 1 amide bonds. The van der Waals surface area contributed by atoms with Gasteiger partial charge < -0.3 is 19.7 Å². The highest BCUT2D eigenvalue weighted by Crippen LogP contribution is 2.24. The van der Waals surface area contributed by atoms with Crippen LogP contribution in [0.5, 0.6) is 0 Å². The highest BCUT2D eigenvalue weighted by molar-refractivity contribution is 5.69. The van der Waals surface area contributed by atoms with Gasteiger partial charge >= 0.3 is 6.09 Å². The molecule has 2 fully saturated rings. The summed E-state index contributed by atoms with van der Waals surface area (Å²) in [4.78, 5) is 13.8. The third-order valence-electron chi connectivity index (χ3n) is 3.08. The van der Waals surface area contributed by atoms with E-state index in [1.165, 1.54) is 0 Å². The lowest BCUT2D eigenvalue weighted by Crippen LogP contribution is -2.46. The fourth-order valence-electron chi connectivity index (χ4n) is 2.34. The number of carbonyl (C=O) groups excluding carboxylic acids is 1. The van der Waals surface area contributed by atoms with Gasteiger partial charge in [-0.05, 0) is 27.2 Å². The molecule has 2 heterocycles. The van der Waals surface area contributed by atoms with Crippen molar-refractivity contribution in [1.29, 1.82) is 0 Å². The lowest BCUT2D eigenvalue weighted by molar-refractivity contribution is 0.00916. The van der Waals surface area contributed by atoms with Crippen molar-refractivity contribution in [2.75, 3.05) is 26.2 Å². The van der Waals surface area contributed by atoms with Gasteiger partial charge in [0.15, 0.2) is 0 Å². The van der Waals surface area contributed by atoms with Crippen molar-refractivity contribution in [2.24, 2.45) is 0 Å². The summed E-state index contributed by atoms with van der Waals surface area (Å²) in [6, 6.07) is 0.118. The van der Waals surface area contributed by atoms with E-state index in [2.05, 4.69) is 5.32 Å². The van der Waals surface area contributed by atoms with Gasteiger partial charge in [0.1, 0.15) is 5.60 Å². The average molecular weight is 242 g/mol. The number of nitrogens with zero attached hydrogens (tertiary/aromatic N) is 1. The predicted molar refractivity (Wildman–Crippen MR) is 64.0 cm³/mol. The molecule has 1 N–H and O–H groups in total. The minimum absolute atomic E-state index is 0.118. The lowest BCUT2D eigenvalue weighted by Gasteiger charge is -2.29. The first kappa shape index (κ1) is 12.6. The van der Waals surface area contributed by atoms with Gasteiger partial charge in [0.25, 0.3) is 0 Å². The molecule has 98 valence electrons. The van der Waals surface area contributed by atoms with Crippen LogP contribution >= 0.6 is 0 Å². The van der Waals surface area contributed by atoms with E-state index in [1.807, 2.05) is 20.8 Å². The quantitative estimate of drug-likeness (QED) is 0.688. The van der Waals surface area contributed by atoms with Crippen LogP contribution in [0.15, 0.2) is 0 Å². The van der Waals surface area contributed by atoms with E-state index in [0.717, 1.165) is 32.7 Å². The fourth-order valence-corrected chi connectivity index (χ4v) is 2.34. The Kier molecular flexibility index (Phi) is 3.58. The maximum absolute atomic E-state index is 12.0. The second kappa shape index (κ2) is 4.82. The summed E-state index contributed by atoms with van der Waals surface area (Å²) in [7, 11) is 0. The van der Waals surface area contributed by atoms with Crippen LogP contribution in [-0.4, -0.2) is 55.0 Å². The minimum Gasteiger partial charge on any atom is -0.444 e. The van der Waals surface area contributed by atoms with E-state index < -0.39 is 5.60 Å². The number of amides is 1. The van der Waals surface area contributed by atoms with E-state index in [0.29, 0.717) is 0 Å². The Labute approximate surface area is 102 Å². The topological polar surface area (TPSA) is 50.8 Å². The van der Waals surface area contributed by atoms with Gasteiger partial charge in [0.05, 0.1) is 18.8 Å². The zero-order valence-electron chi connectivity index (χ0n) is 10.9. The van der Waals surface area contributed by atoms with Crippen molar-refractivity contribution in [1.82, 2.24) is 10.2 Å². The van der Waals surface area contributed by atoms with Crippen molar-refractivity contribution < 1.29 is 14.3 Å². The third kappa shape index (κ3) is 3.10. The molecule has 0 spiro atoms. The van der Waals surface area contributed by atoms with Crippen LogP contribution in [0, 0.1) is 0 Å². The Balaban J connectivity index is 1.99. The molecule has 2 aliphatic rings. The Morgan fingerprint density at radius 1 is 1.47 bits per heavy atom. The molecule has 0 aromatic rings. The number of nitrogens with one attached hydrogen (secondary N) is 1. The van der Waals surface area contributed by atoms with Crippen LogP contribution in [0.25, 0.3) is 0 Å². The van der Waals surface area contributed by atoms with Crippen LogP contribution in [0.3, 0.4) is 0 Å². The summed E-state index contributed by atoms with van der Waals surface area (Å²) < 4.78 is 11.1. The van der Waals surface area contributed by atoms with Gasteiger partial charge in [0.2, 0.25) is 0 Å². The van der Waals surface area contributed by atoms with Gasteiger partial charge in [-0.1, -0.05) is 0 Å². The van der Waals surface area contributed by atoms with E-state index in [9.17, 15) is 4.79 Å². The highest BCUT2D eigenvalue weighted by Gasteiger charge is 2.40. The molecular formula is C12H22N2O3. The van der Waals surface area contributed by atoms with Crippen LogP contribution in [0.1, 0.15) is 27.2 Å². The van der Waals surface area contributed by atoms with Crippen LogP contribution in [0.2, 0.25) is 0 Å². The Bertz CT molecular complexity index is 288. The van der Waals surface area contributed by atoms with Crippen molar-refractivity contribution in [3.8, 4) is 0 Å². The third-order valence-corrected chi connectivity index (χ3v) is 3.08. The summed E-state index contributed by atoms with van der Waals surface area (Å²) in [5.74, 6) is 0. The maximum atomic E-state index is 12.0. The van der Waals surface area contributed by atoms with Crippen molar-refractivity contribution in [3.05, 3.63) is 0 Å². The molecule has 0 radical (unpaired) electrons. The number of hydrogen-bond acceptors (Lipinski definition) is 4. The smallest absolute Gasteiger partial charge is 0.410 e. The largest absolute Gasteiger partial charge is 0.444 e. The second-order valence-corrected chi connectivity index (χ2v) is 5.64. The Morgan fingerprint density at radius 2 is 2.24 bits per heavy atom. The summed E-state index contributed by atoms with van der Waals surface area (Å²) in [6.45, 7) is 8.77. The van der Waals surface area contributed by atoms with Gasteiger partial charge in [-0.25, -0.2) is 4.79 Å². The summed E-state index contributed by atoms with van der Waals surface area (Å²) in [5, 5.41) is 3.29. The van der Waals surface area contributed by atoms with Crippen molar-refractivity contribution in [2.45, 2.75) is 44.9 Å². The van der Waals surface area contributed by atoms with Gasteiger partial charge in [-0.3, -0.25) is 0 Å². The Hall–Kier alpha value is -0.810. The first-order valence-corrected chi connectivity index (χ1v) is 6.29. The van der Waals surface area contributed by atoms with E-state index >= 15 is 0 Å². The average Bonchev–Trinajstić information content (AvgIpc) is 2.46. The number of rotatable bonds is 0. The second-order valence-electron chi connectivity index (χ2n) is 5.64. The molecule has 2 rings (SSSR count). The molecule has 0 unspecified atom stereocenters. The predicted octanol–water partition coefficient (Wildman–Crippen LogP) is 0.984. The molecule has 0 aromatic heterocycles. The molecule has 0 bridgehead atoms. The lowest BCUT2D eigenvalue weighted by atomic mass is 10.1. The summed E-state index contributed by atoms with van der Waals surface area (Å²) >= 11 is 0. The summed E-state index contributed by atoms with van der Waals surface area (Å²) in [5.41, 5.74) is -0.436. The Morgan fingerprint density at radius 3 is 2.94 bits per heavy atom. The van der Waals surface area contributed by atoms with Crippen LogP contribution in [0.4, 0.5) is 4.79 Å². The van der Waals surface area contributed by atoms with Crippen molar-refractivity contribution >= 4 is 6.09 Å². The molecule has 5 nitrogen and oxygen atoms in total. The molecule has 2 aliphatic heterocycles. The fraction of sp³-hybridized carbons (Fsp3) is 0.917.